The Kier molecular flexibility index (Phi) is 3.99. The van der Waals surface area contributed by atoms with Gasteiger partial charge < -0.3 is 15.3 Å². The number of carboxylic acids is 1. The van der Waals surface area contributed by atoms with Gasteiger partial charge in [0.05, 0.1) is 11.7 Å². The van der Waals surface area contributed by atoms with Crippen LogP contribution in [0.2, 0.25) is 0 Å². The smallest absolute Gasteiger partial charge is 0.326 e. The number of nitrogens with one attached hydrogen (secondary N) is 1. The first-order valence-corrected chi connectivity index (χ1v) is 6.30. The van der Waals surface area contributed by atoms with Crippen molar-refractivity contribution in [2.75, 3.05) is 6.54 Å². The molecule has 6 heteroatoms. The molecular weight excluding hydrogens is 246 g/mol. The zero-order valence-electron chi connectivity index (χ0n) is 10.7. The van der Waals surface area contributed by atoms with Gasteiger partial charge in [-0.05, 0) is 31.9 Å². The second-order valence-electron chi connectivity index (χ2n) is 4.62. The van der Waals surface area contributed by atoms with Crippen LogP contribution in [-0.2, 0) is 4.79 Å². The molecule has 19 heavy (non-hydrogen) atoms. The van der Waals surface area contributed by atoms with Crippen LogP contribution >= 0.6 is 0 Å². The van der Waals surface area contributed by atoms with Crippen molar-refractivity contribution in [1.82, 2.24) is 15.2 Å². The van der Waals surface area contributed by atoms with Gasteiger partial charge >= 0.3 is 12.0 Å². The minimum Gasteiger partial charge on any atom is -0.480 e. The molecule has 0 aromatic carbocycles. The van der Waals surface area contributed by atoms with Crippen LogP contribution in [0.3, 0.4) is 0 Å². The highest BCUT2D eigenvalue weighted by Gasteiger charge is 2.34. The molecule has 2 amide bonds. The van der Waals surface area contributed by atoms with Crippen molar-refractivity contribution in [3.63, 3.8) is 0 Å². The number of carboxylic acid groups (broad SMARTS) is 1. The molecule has 0 spiro atoms. The lowest BCUT2D eigenvalue weighted by molar-refractivity contribution is -0.141. The standard InChI is InChI=1S/C13H17N3O3/c1-9(10-5-2-3-7-14-10)15-13(19)16-8-4-6-11(16)12(17)18/h2-3,5,7,9,11H,4,6,8H2,1H3,(H,15,19)(H,17,18)/t9?,11-/m0/s1. The quantitative estimate of drug-likeness (QED) is 0.863. The summed E-state index contributed by atoms with van der Waals surface area (Å²) in [6, 6.07) is 4.17. The monoisotopic (exact) mass is 263 g/mol. The average molecular weight is 263 g/mol. The number of hydrogen-bond donors (Lipinski definition) is 2. The zero-order chi connectivity index (χ0) is 13.8. The molecule has 0 aliphatic carbocycles. The second-order valence-corrected chi connectivity index (χ2v) is 4.62. The molecule has 2 heterocycles. The highest BCUT2D eigenvalue weighted by Crippen LogP contribution is 2.18. The van der Waals surface area contributed by atoms with Crippen molar-refractivity contribution < 1.29 is 14.7 Å². The molecule has 1 aliphatic rings. The van der Waals surface area contributed by atoms with E-state index in [0.29, 0.717) is 13.0 Å². The van der Waals surface area contributed by atoms with Gasteiger partial charge in [0, 0.05) is 12.7 Å². The summed E-state index contributed by atoms with van der Waals surface area (Å²) in [5, 5.41) is 11.8. The lowest BCUT2D eigenvalue weighted by atomic mass is 10.2. The third-order valence-electron chi connectivity index (χ3n) is 3.27. The van der Waals surface area contributed by atoms with Crippen LogP contribution in [-0.4, -0.2) is 39.6 Å². The molecule has 2 rings (SSSR count). The van der Waals surface area contributed by atoms with E-state index in [1.165, 1.54) is 4.90 Å². The summed E-state index contributed by atoms with van der Waals surface area (Å²) in [5.74, 6) is -0.946. The average Bonchev–Trinajstić information content (AvgIpc) is 2.89. The van der Waals surface area contributed by atoms with Crippen molar-refractivity contribution in [3.05, 3.63) is 30.1 Å². The summed E-state index contributed by atoms with van der Waals surface area (Å²) < 4.78 is 0. The third-order valence-corrected chi connectivity index (χ3v) is 3.27. The zero-order valence-corrected chi connectivity index (χ0v) is 10.7. The third kappa shape index (κ3) is 3.01. The fraction of sp³-hybridized carbons (Fsp3) is 0.462. The SMILES string of the molecule is CC(NC(=O)N1CCC[C@H]1C(=O)O)c1ccccn1. The van der Waals surface area contributed by atoms with E-state index in [0.717, 1.165) is 12.1 Å². The van der Waals surface area contributed by atoms with Crippen molar-refractivity contribution >= 4 is 12.0 Å². The number of carbonyl (C=O) groups is 2. The summed E-state index contributed by atoms with van der Waals surface area (Å²) in [4.78, 5) is 28.6. The van der Waals surface area contributed by atoms with Crippen LogP contribution in [0, 0.1) is 0 Å². The number of carbonyl (C=O) groups excluding carboxylic acids is 1. The van der Waals surface area contributed by atoms with E-state index in [1.807, 2.05) is 19.1 Å². The van der Waals surface area contributed by atoms with Gasteiger partial charge in [0.15, 0.2) is 0 Å². The highest BCUT2D eigenvalue weighted by atomic mass is 16.4. The predicted octanol–water partition coefficient (Wildman–Crippen LogP) is 1.40. The molecule has 1 unspecified atom stereocenters. The topological polar surface area (TPSA) is 82.5 Å². The molecule has 102 valence electrons. The van der Waals surface area contributed by atoms with Gasteiger partial charge in [-0.1, -0.05) is 6.07 Å². The summed E-state index contributed by atoms with van der Waals surface area (Å²) in [6.07, 6.45) is 2.90. The molecule has 1 aromatic rings. The van der Waals surface area contributed by atoms with Gasteiger partial charge in [-0.2, -0.15) is 0 Å². The number of amides is 2. The van der Waals surface area contributed by atoms with Gasteiger partial charge in [-0.3, -0.25) is 4.98 Å². The molecule has 1 saturated heterocycles. The number of aliphatic carboxylic acids is 1. The van der Waals surface area contributed by atoms with Gasteiger partial charge in [0.1, 0.15) is 6.04 Å². The molecule has 0 radical (unpaired) electrons. The van der Waals surface area contributed by atoms with Gasteiger partial charge in [0.25, 0.3) is 0 Å². The normalized spacial score (nSPS) is 20.1. The number of nitrogens with zero attached hydrogens (tertiary/aromatic N) is 2. The number of urea groups is 1. The van der Waals surface area contributed by atoms with Crippen molar-refractivity contribution in [2.45, 2.75) is 31.8 Å². The van der Waals surface area contributed by atoms with Crippen LogP contribution in [0.25, 0.3) is 0 Å². The lowest BCUT2D eigenvalue weighted by Gasteiger charge is -2.24. The van der Waals surface area contributed by atoms with Gasteiger partial charge in [-0.15, -0.1) is 0 Å². The first kappa shape index (κ1) is 13.3. The maximum atomic E-state index is 12.1. The Labute approximate surface area is 111 Å². The summed E-state index contributed by atoms with van der Waals surface area (Å²) in [6.45, 7) is 2.31. The second kappa shape index (κ2) is 5.69. The molecule has 2 atom stereocenters. The molecule has 0 saturated carbocycles. The maximum absolute atomic E-state index is 12.1. The Morgan fingerprint density at radius 1 is 1.53 bits per heavy atom. The fourth-order valence-electron chi connectivity index (χ4n) is 2.24. The lowest BCUT2D eigenvalue weighted by Crippen LogP contribution is -2.46. The predicted molar refractivity (Wildman–Crippen MR) is 68.5 cm³/mol. The van der Waals surface area contributed by atoms with Crippen LogP contribution in [0.4, 0.5) is 4.79 Å². The molecule has 2 N–H and O–H groups in total. The van der Waals surface area contributed by atoms with E-state index < -0.39 is 12.0 Å². The molecule has 0 bridgehead atoms. The first-order valence-electron chi connectivity index (χ1n) is 6.30. The maximum Gasteiger partial charge on any atom is 0.326 e. The van der Waals surface area contributed by atoms with E-state index >= 15 is 0 Å². The Hall–Kier alpha value is -2.11. The van der Waals surface area contributed by atoms with Crippen molar-refractivity contribution in [3.8, 4) is 0 Å². The minimum atomic E-state index is -0.946. The molecular formula is C13H17N3O3. The Balaban J connectivity index is 1.99. The number of likely N-dealkylation sites (tertiary alicyclic amines) is 1. The molecule has 1 aliphatic heterocycles. The van der Waals surface area contributed by atoms with E-state index in [9.17, 15) is 9.59 Å². The van der Waals surface area contributed by atoms with Crippen LogP contribution in [0.15, 0.2) is 24.4 Å². The minimum absolute atomic E-state index is 0.247. The Bertz CT molecular complexity index is 463. The molecule has 6 nitrogen and oxygen atoms in total. The van der Waals surface area contributed by atoms with Crippen molar-refractivity contribution in [2.24, 2.45) is 0 Å². The van der Waals surface area contributed by atoms with E-state index in [2.05, 4.69) is 10.3 Å². The number of rotatable bonds is 3. The molecule has 1 fully saturated rings. The van der Waals surface area contributed by atoms with Gasteiger partial charge in [-0.25, -0.2) is 9.59 Å². The number of pyridine rings is 1. The van der Waals surface area contributed by atoms with Crippen LogP contribution < -0.4 is 5.32 Å². The summed E-state index contributed by atoms with van der Waals surface area (Å²) in [7, 11) is 0. The number of aromatic nitrogens is 1. The van der Waals surface area contributed by atoms with Crippen LogP contribution in [0.1, 0.15) is 31.5 Å². The highest BCUT2D eigenvalue weighted by molar-refractivity contribution is 5.83. The van der Waals surface area contributed by atoms with Crippen LogP contribution in [0.5, 0.6) is 0 Å². The number of hydrogen-bond acceptors (Lipinski definition) is 3. The Morgan fingerprint density at radius 3 is 2.95 bits per heavy atom. The largest absolute Gasteiger partial charge is 0.480 e. The molecule has 1 aromatic heterocycles. The van der Waals surface area contributed by atoms with E-state index in [1.54, 1.807) is 12.3 Å². The van der Waals surface area contributed by atoms with E-state index in [-0.39, 0.29) is 12.1 Å². The first-order chi connectivity index (χ1) is 9.09. The van der Waals surface area contributed by atoms with E-state index in [4.69, 9.17) is 5.11 Å². The fourth-order valence-corrected chi connectivity index (χ4v) is 2.24. The van der Waals surface area contributed by atoms with Gasteiger partial charge in [0.2, 0.25) is 0 Å². The Morgan fingerprint density at radius 2 is 2.32 bits per heavy atom. The summed E-state index contributed by atoms with van der Waals surface area (Å²) in [5.41, 5.74) is 0.752. The summed E-state index contributed by atoms with van der Waals surface area (Å²) >= 11 is 0. The van der Waals surface area contributed by atoms with Crippen molar-refractivity contribution in [1.29, 1.82) is 0 Å².